The Bertz CT molecular complexity index is 408. The van der Waals surface area contributed by atoms with Gasteiger partial charge in [0.2, 0.25) is 0 Å². The van der Waals surface area contributed by atoms with Crippen molar-refractivity contribution >= 4 is 16.0 Å². The molecule has 10 heteroatoms. The average molecular weight is 310 g/mol. The Kier molecular flexibility index (Phi) is 7.16. The fourth-order valence-corrected chi connectivity index (χ4v) is 3.33. The van der Waals surface area contributed by atoms with Gasteiger partial charge in [-0.1, -0.05) is 5.16 Å². The van der Waals surface area contributed by atoms with Gasteiger partial charge in [0.1, 0.15) is 5.84 Å². The zero-order chi connectivity index (χ0) is 15.0. The Morgan fingerprint density at radius 1 is 1.45 bits per heavy atom. The lowest BCUT2D eigenvalue weighted by Gasteiger charge is -2.31. The summed E-state index contributed by atoms with van der Waals surface area (Å²) in [5, 5.41) is 11.4. The van der Waals surface area contributed by atoms with Gasteiger partial charge in [-0.15, -0.1) is 0 Å². The summed E-state index contributed by atoms with van der Waals surface area (Å²) in [7, 11) is -2.08. The number of methoxy groups -OCH3 is 1. The smallest absolute Gasteiger partial charge is 0.282 e. The lowest BCUT2D eigenvalue weighted by molar-refractivity contribution is 0.0694. The Balaban J connectivity index is 2.73. The standard InChI is InChI=1S/C10H22N4O5S/c1-18-7-4-13(3-2-10(11)12-15)20(16,17)14-5-8-19-9-6-14/h15H,2-9H2,1H3,(H2,11,12). The van der Waals surface area contributed by atoms with Crippen molar-refractivity contribution in [1.82, 2.24) is 8.61 Å². The van der Waals surface area contributed by atoms with Crippen molar-refractivity contribution in [2.24, 2.45) is 10.9 Å². The number of nitrogens with two attached hydrogens (primary N) is 1. The number of morpholine rings is 1. The summed E-state index contributed by atoms with van der Waals surface area (Å²) in [5.41, 5.74) is 5.39. The molecule has 1 aliphatic rings. The summed E-state index contributed by atoms with van der Waals surface area (Å²) in [5.74, 6) is -0.00963. The maximum Gasteiger partial charge on any atom is 0.282 e. The molecule has 1 heterocycles. The molecule has 0 aromatic carbocycles. The van der Waals surface area contributed by atoms with E-state index in [4.69, 9.17) is 20.4 Å². The van der Waals surface area contributed by atoms with Gasteiger partial charge in [0, 0.05) is 39.7 Å². The maximum absolute atomic E-state index is 12.5. The first-order valence-corrected chi connectivity index (χ1v) is 7.70. The van der Waals surface area contributed by atoms with E-state index >= 15 is 0 Å². The molecule has 3 N–H and O–H groups in total. The van der Waals surface area contributed by atoms with Gasteiger partial charge in [0.15, 0.2) is 0 Å². The SMILES string of the molecule is COCCN(CCC(N)=NO)S(=O)(=O)N1CCOCC1. The number of ether oxygens (including phenoxy) is 2. The van der Waals surface area contributed by atoms with Crippen molar-refractivity contribution < 1.29 is 23.1 Å². The lowest BCUT2D eigenvalue weighted by Crippen LogP contribution is -2.50. The summed E-state index contributed by atoms with van der Waals surface area (Å²) in [6.45, 7) is 2.06. The van der Waals surface area contributed by atoms with E-state index < -0.39 is 10.2 Å². The molecule has 0 aromatic rings. The fraction of sp³-hybridized carbons (Fsp3) is 0.900. The Morgan fingerprint density at radius 2 is 2.10 bits per heavy atom. The highest BCUT2D eigenvalue weighted by molar-refractivity contribution is 7.86. The van der Waals surface area contributed by atoms with E-state index in [0.717, 1.165) is 0 Å². The molecule has 118 valence electrons. The minimum atomic E-state index is -3.59. The summed E-state index contributed by atoms with van der Waals surface area (Å²) < 4.78 is 37.7. The number of rotatable bonds is 8. The molecule has 1 aliphatic heterocycles. The van der Waals surface area contributed by atoms with Gasteiger partial charge >= 0.3 is 0 Å². The molecule has 0 bridgehead atoms. The molecule has 1 fully saturated rings. The molecular weight excluding hydrogens is 288 g/mol. The lowest BCUT2D eigenvalue weighted by atomic mass is 10.4. The summed E-state index contributed by atoms with van der Waals surface area (Å²) in [6, 6.07) is 0. The summed E-state index contributed by atoms with van der Waals surface area (Å²) >= 11 is 0. The van der Waals surface area contributed by atoms with Gasteiger partial charge in [-0.05, 0) is 0 Å². The number of oxime groups is 1. The van der Waals surface area contributed by atoms with Crippen molar-refractivity contribution in [2.45, 2.75) is 6.42 Å². The molecule has 9 nitrogen and oxygen atoms in total. The highest BCUT2D eigenvalue weighted by Crippen LogP contribution is 2.11. The van der Waals surface area contributed by atoms with Crippen molar-refractivity contribution in [1.29, 1.82) is 0 Å². The number of hydrogen-bond acceptors (Lipinski definition) is 6. The van der Waals surface area contributed by atoms with E-state index in [1.54, 1.807) is 0 Å². The number of amidine groups is 1. The van der Waals surface area contributed by atoms with E-state index in [9.17, 15) is 8.42 Å². The third-order valence-electron chi connectivity index (χ3n) is 2.91. The first-order chi connectivity index (χ1) is 9.52. The second kappa shape index (κ2) is 8.37. The van der Waals surface area contributed by atoms with Gasteiger partial charge in [-0.3, -0.25) is 0 Å². The zero-order valence-corrected chi connectivity index (χ0v) is 12.4. The second-order valence-electron chi connectivity index (χ2n) is 4.25. The van der Waals surface area contributed by atoms with Crippen molar-refractivity contribution in [3.05, 3.63) is 0 Å². The zero-order valence-electron chi connectivity index (χ0n) is 11.6. The highest BCUT2D eigenvalue weighted by atomic mass is 32.2. The van der Waals surface area contributed by atoms with Crippen LogP contribution in [0.5, 0.6) is 0 Å². The van der Waals surface area contributed by atoms with Crippen molar-refractivity contribution in [3.8, 4) is 0 Å². The molecular formula is C10H22N4O5S. The van der Waals surface area contributed by atoms with Crippen LogP contribution in [0.1, 0.15) is 6.42 Å². The van der Waals surface area contributed by atoms with E-state index in [-0.39, 0.29) is 32.0 Å². The third kappa shape index (κ3) is 4.87. The van der Waals surface area contributed by atoms with E-state index in [2.05, 4.69) is 5.16 Å². The van der Waals surface area contributed by atoms with Gasteiger partial charge in [-0.2, -0.15) is 17.0 Å². The van der Waals surface area contributed by atoms with Crippen LogP contribution in [-0.4, -0.2) is 81.2 Å². The quantitative estimate of drug-likeness (QED) is 0.248. The van der Waals surface area contributed by atoms with Crippen molar-refractivity contribution in [2.75, 3.05) is 53.1 Å². The van der Waals surface area contributed by atoms with Crippen LogP contribution in [0, 0.1) is 0 Å². The Morgan fingerprint density at radius 3 is 2.65 bits per heavy atom. The fourth-order valence-electron chi connectivity index (χ4n) is 1.77. The van der Waals surface area contributed by atoms with E-state index in [1.165, 1.54) is 15.7 Å². The van der Waals surface area contributed by atoms with Crippen LogP contribution in [-0.2, 0) is 19.7 Å². The largest absolute Gasteiger partial charge is 0.409 e. The molecule has 20 heavy (non-hydrogen) atoms. The minimum Gasteiger partial charge on any atom is -0.409 e. The molecule has 0 radical (unpaired) electrons. The first-order valence-electron chi connectivity index (χ1n) is 6.30. The van der Waals surface area contributed by atoms with Crippen LogP contribution < -0.4 is 5.73 Å². The van der Waals surface area contributed by atoms with Gasteiger partial charge in [-0.25, -0.2) is 0 Å². The van der Waals surface area contributed by atoms with Crippen LogP contribution >= 0.6 is 0 Å². The molecule has 1 rings (SSSR count). The maximum atomic E-state index is 12.5. The highest BCUT2D eigenvalue weighted by Gasteiger charge is 2.30. The van der Waals surface area contributed by atoms with Gasteiger partial charge in [0.05, 0.1) is 19.8 Å². The topological polar surface area (TPSA) is 118 Å². The summed E-state index contributed by atoms with van der Waals surface area (Å²) in [6.07, 6.45) is 0.157. The van der Waals surface area contributed by atoms with E-state index in [1.807, 2.05) is 0 Å². The van der Waals surface area contributed by atoms with Gasteiger partial charge in [0.25, 0.3) is 10.2 Å². The molecule has 0 atom stereocenters. The van der Waals surface area contributed by atoms with Gasteiger partial charge < -0.3 is 20.4 Å². The van der Waals surface area contributed by atoms with Crippen LogP contribution in [0.25, 0.3) is 0 Å². The molecule has 0 aromatic heterocycles. The predicted octanol–water partition coefficient (Wildman–Crippen LogP) is -1.35. The predicted molar refractivity (Wildman–Crippen MR) is 72.8 cm³/mol. The minimum absolute atomic E-state index is 0.00963. The number of nitrogens with zero attached hydrogens (tertiary/aromatic N) is 3. The molecule has 0 aliphatic carbocycles. The normalized spacial score (nSPS) is 18.6. The summed E-state index contributed by atoms with van der Waals surface area (Å²) in [4.78, 5) is 0. The van der Waals surface area contributed by atoms with E-state index in [0.29, 0.717) is 26.3 Å². The van der Waals surface area contributed by atoms with Crippen LogP contribution in [0.2, 0.25) is 0 Å². The third-order valence-corrected chi connectivity index (χ3v) is 4.95. The number of hydrogen-bond donors (Lipinski definition) is 2. The van der Waals surface area contributed by atoms with Crippen LogP contribution in [0.3, 0.4) is 0 Å². The monoisotopic (exact) mass is 310 g/mol. The first kappa shape index (κ1) is 17.1. The molecule has 0 saturated carbocycles. The molecule has 0 unspecified atom stereocenters. The Labute approximate surface area is 119 Å². The van der Waals surface area contributed by atoms with Crippen LogP contribution in [0.4, 0.5) is 0 Å². The molecule has 0 spiro atoms. The Hall–Kier alpha value is -0.940. The van der Waals surface area contributed by atoms with Crippen LogP contribution in [0.15, 0.2) is 5.16 Å². The molecule has 0 amide bonds. The average Bonchev–Trinajstić information content (AvgIpc) is 2.47. The second-order valence-corrected chi connectivity index (χ2v) is 6.18. The molecule has 1 saturated heterocycles. The van der Waals surface area contributed by atoms with Crippen molar-refractivity contribution in [3.63, 3.8) is 0 Å².